The van der Waals surface area contributed by atoms with Crippen LogP contribution in [0.1, 0.15) is 39.9 Å². The van der Waals surface area contributed by atoms with E-state index in [0.717, 1.165) is 36.6 Å². The fourth-order valence-electron chi connectivity index (χ4n) is 3.07. The molecule has 25 heavy (non-hydrogen) atoms. The molecule has 126 valence electrons. The number of carbonyl (C=O) groups is 1. The van der Waals surface area contributed by atoms with E-state index in [1.54, 1.807) is 12.5 Å². The smallest absolute Gasteiger partial charge is 0.275 e. The van der Waals surface area contributed by atoms with E-state index >= 15 is 0 Å². The first-order chi connectivity index (χ1) is 12.2. The van der Waals surface area contributed by atoms with Gasteiger partial charge in [-0.15, -0.1) is 10.2 Å². The lowest BCUT2D eigenvalue weighted by molar-refractivity contribution is 0.102. The summed E-state index contributed by atoms with van der Waals surface area (Å²) in [5.41, 5.74) is 3.09. The lowest BCUT2D eigenvalue weighted by Gasteiger charge is -2.23. The summed E-state index contributed by atoms with van der Waals surface area (Å²) in [7, 11) is 0. The molecule has 1 aliphatic rings. The Bertz CT molecular complexity index is 885. The Morgan fingerprint density at radius 1 is 1.20 bits per heavy atom. The summed E-state index contributed by atoms with van der Waals surface area (Å²) < 4.78 is 2.11. The zero-order valence-corrected chi connectivity index (χ0v) is 13.9. The predicted octanol–water partition coefficient (Wildman–Crippen LogP) is 2.36. The molecule has 2 aromatic heterocycles. The average molecular weight is 334 g/mol. The topological polar surface area (TPSA) is 85.6 Å². The van der Waals surface area contributed by atoms with Crippen molar-refractivity contribution in [1.29, 1.82) is 0 Å². The molecule has 7 heteroatoms. The number of fused-ring (bicyclic) bond motifs is 1. The van der Waals surface area contributed by atoms with Crippen LogP contribution in [-0.4, -0.2) is 30.6 Å². The van der Waals surface area contributed by atoms with Crippen LogP contribution in [0.25, 0.3) is 0 Å². The number of aromatic nitrogens is 5. The first-order valence-corrected chi connectivity index (χ1v) is 8.26. The third kappa shape index (κ3) is 3.26. The number of rotatable bonds is 3. The standard InChI is InChI=1S/C18H18N6O/c1-12-8-20-16(9-19-12)18(25)22-15-5-2-13(3-6-15)14-4-7-17-23-21-11-24(17)10-14/h2-3,5-6,8-9,11,14H,4,7,10H2,1H3,(H,22,25). The Labute approximate surface area is 145 Å². The van der Waals surface area contributed by atoms with Gasteiger partial charge in [-0.2, -0.15) is 0 Å². The van der Waals surface area contributed by atoms with Gasteiger partial charge in [-0.25, -0.2) is 4.98 Å². The molecule has 0 bridgehead atoms. The number of carbonyl (C=O) groups excluding carboxylic acids is 1. The molecule has 0 fully saturated rings. The second-order valence-corrected chi connectivity index (χ2v) is 6.25. The Morgan fingerprint density at radius 3 is 2.80 bits per heavy atom. The quantitative estimate of drug-likeness (QED) is 0.795. The second-order valence-electron chi connectivity index (χ2n) is 6.25. The summed E-state index contributed by atoms with van der Waals surface area (Å²) in [6, 6.07) is 7.99. The monoisotopic (exact) mass is 334 g/mol. The van der Waals surface area contributed by atoms with Gasteiger partial charge in [0.2, 0.25) is 0 Å². The van der Waals surface area contributed by atoms with Crippen LogP contribution in [0.2, 0.25) is 0 Å². The first kappa shape index (κ1) is 15.4. The molecule has 3 heterocycles. The number of hydrogen-bond donors (Lipinski definition) is 1. The maximum Gasteiger partial charge on any atom is 0.275 e. The first-order valence-electron chi connectivity index (χ1n) is 8.26. The Balaban J connectivity index is 1.44. The molecule has 4 rings (SSSR count). The molecule has 0 saturated carbocycles. The fourth-order valence-corrected chi connectivity index (χ4v) is 3.07. The van der Waals surface area contributed by atoms with E-state index in [-0.39, 0.29) is 5.91 Å². The van der Waals surface area contributed by atoms with Crippen molar-refractivity contribution in [3.8, 4) is 0 Å². The summed E-state index contributed by atoms with van der Waals surface area (Å²) in [6.07, 6.45) is 6.86. The van der Waals surface area contributed by atoms with Crippen molar-refractivity contribution in [3.05, 3.63) is 65.8 Å². The second kappa shape index (κ2) is 6.43. The van der Waals surface area contributed by atoms with E-state index in [9.17, 15) is 4.79 Å². The SMILES string of the molecule is Cc1cnc(C(=O)Nc2ccc(C3CCc4nncn4C3)cc2)cn1. The van der Waals surface area contributed by atoms with Crippen LogP contribution in [0, 0.1) is 6.92 Å². The summed E-state index contributed by atoms with van der Waals surface area (Å²) >= 11 is 0. The van der Waals surface area contributed by atoms with Gasteiger partial charge >= 0.3 is 0 Å². The molecule has 1 unspecified atom stereocenters. The van der Waals surface area contributed by atoms with E-state index in [2.05, 4.69) is 42.2 Å². The van der Waals surface area contributed by atoms with E-state index in [1.807, 2.05) is 19.1 Å². The van der Waals surface area contributed by atoms with Crippen LogP contribution in [0.3, 0.4) is 0 Å². The maximum absolute atomic E-state index is 12.2. The fraction of sp³-hybridized carbons (Fsp3) is 0.278. The molecule has 1 aliphatic heterocycles. The largest absolute Gasteiger partial charge is 0.321 e. The van der Waals surface area contributed by atoms with Gasteiger partial charge in [0.05, 0.1) is 11.9 Å². The Kier molecular flexibility index (Phi) is 3.97. The van der Waals surface area contributed by atoms with Gasteiger partial charge in [0.15, 0.2) is 0 Å². The van der Waals surface area contributed by atoms with Crippen molar-refractivity contribution >= 4 is 11.6 Å². The van der Waals surface area contributed by atoms with Crippen molar-refractivity contribution in [2.75, 3.05) is 5.32 Å². The molecule has 0 saturated heterocycles. The van der Waals surface area contributed by atoms with E-state index in [1.165, 1.54) is 11.8 Å². The molecule has 1 amide bonds. The van der Waals surface area contributed by atoms with Crippen LogP contribution in [-0.2, 0) is 13.0 Å². The highest BCUT2D eigenvalue weighted by Crippen LogP contribution is 2.28. The highest BCUT2D eigenvalue weighted by atomic mass is 16.1. The van der Waals surface area contributed by atoms with Crippen molar-refractivity contribution < 1.29 is 4.79 Å². The molecule has 1 N–H and O–H groups in total. The molecule has 7 nitrogen and oxygen atoms in total. The van der Waals surface area contributed by atoms with Crippen LogP contribution in [0.15, 0.2) is 43.0 Å². The summed E-state index contributed by atoms with van der Waals surface area (Å²) in [5.74, 6) is 1.24. The Hall–Kier alpha value is -3.09. The lowest BCUT2D eigenvalue weighted by Crippen LogP contribution is -2.18. The molecule has 3 aromatic rings. The zero-order valence-electron chi connectivity index (χ0n) is 13.9. The van der Waals surface area contributed by atoms with E-state index < -0.39 is 0 Å². The summed E-state index contributed by atoms with van der Waals surface area (Å²) in [5, 5.41) is 10.9. The molecular formula is C18H18N6O. The van der Waals surface area contributed by atoms with Crippen molar-refractivity contribution in [3.63, 3.8) is 0 Å². The van der Waals surface area contributed by atoms with E-state index in [4.69, 9.17) is 0 Å². The van der Waals surface area contributed by atoms with Crippen LogP contribution >= 0.6 is 0 Å². The normalized spacial score (nSPS) is 16.3. The summed E-state index contributed by atoms with van der Waals surface area (Å²) in [6.45, 7) is 2.73. The van der Waals surface area contributed by atoms with Crippen molar-refractivity contribution in [2.45, 2.75) is 32.2 Å². The van der Waals surface area contributed by atoms with E-state index in [0.29, 0.717) is 11.6 Å². The van der Waals surface area contributed by atoms with Gasteiger partial charge < -0.3 is 9.88 Å². The Morgan fingerprint density at radius 2 is 2.04 bits per heavy atom. The molecule has 1 aromatic carbocycles. The van der Waals surface area contributed by atoms with Gasteiger partial charge in [0.25, 0.3) is 5.91 Å². The summed E-state index contributed by atoms with van der Waals surface area (Å²) in [4.78, 5) is 20.4. The minimum atomic E-state index is -0.257. The number of amides is 1. The van der Waals surface area contributed by atoms with Crippen LogP contribution < -0.4 is 5.32 Å². The number of benzene rings is 1. The predicted molar refractivity (Wildman–Crippen MR) is 92.2 cm³/mol. The molecule has 0 radical (unpaired) electrons. The third-order valence-corrected chi connectivity index (χ3v) is 4.48. The van der Waals surface area contributed by atoms with Crippen LogP contribution in [0.4, 0.5) is 5.69 Å². The molecular weight excluding hydrogens is 316 g/mol. The van der Waals surface area contributed by atoms with Gasteiger partial charge in [0.1, 0.15) is 17.8 Å². The molecule has 0 spiro atoms. The molecule has 0 aliphatic carbocycles. The minimum absolute atomic E-state index is 0.257. The number of anilines is 1. The van der Waals surface area contributed by atoms with Gasteiger partial charge in [-0.05, 0) is 31.0 Å². The van der Waals surface area contributed by atoms with Gasteiger partial charge in [-0.1, -0.05) is 12.1 Å². The highest BCUT2D eigenvalue weighted by molar-refractivity contribution is 6.02. The number of nitrogens with one attached hydrogen (secondary N) is 1. The maximum atomic E-state index is 12.2. The highest BCUT2D eigenvalue weighted by Gasteiger charge is 2.20. The lowest BCUT2D eigenvalue weighted by atomic mass is 9.91. The third-order valence-electron chi connectivity index (χ3n) is 4.48. The number of nitrogens with zero attached hydrogens (tertiary/aromatic N) is 5. The minimum Gasteiger partial charge on any atom is -0.321 e. The number of hydrogen-bond acceptors (Lipinski definition) is 5. The average Bonchev–Trinajstić information content (AvgIpc) is 3.10. The van der Waals surface area contributed by atoms with Crippen LogP contribution in [0.5, 0.6) is 0 Å². The van der Waals surface area contributed by atoms with Gasteiger partial charge in [0, 0.05) is 30.8 Å². The number of aryl methyl sites for hydroxylation is 2. The van der Waals surface area contributed by atoms with Crippen molar-refractivity contribution in [2.24, 2.45) is 0 Å². The molecule has 1 atom stereocenters. The van der Waals surface area contributed by atoms with Gasteiger partial charge in [-0.3, -0.25) is 9.78 Å². The van der Waals surface area contributed by atoms with Crippen molar-refractivity contribution in [1.82, 2.24) is 24.7 Å². The zero-order chi connectivity index (χ0) is 17.2.